The third kappa shape index (κ3) is 3.16. The summed E-state index contributed by atoms with van der Waals surface area (Å²) in [4.78, 5) is 17.7. The van der Waals surface area contributed by atoms with Gasteiger partial charge in [0.1, 0.15) is 5.01 Å². The van der Waals surface area contributed by atoms with Crippen molar-refractivity contribution in [1.82, 2.24) is 9.88 Å². The molecule has 1 aliphatic heterocycles. The third-order valence-electron chi connectivity index (χ3n) is 3.83. The molecule has 0 radical (unpaired) electrons. The second kappa shape index (κ2) is 5.89. The number of para-hydroxylation sites is 1. The van der Waals surface area contributed by atoms with Gasteiger partial charge in [-0.3, -0.25) is 9.69 Å². The number of carboxylic acids is 1. The number of nitrogens with zero attached hydrogens (tertiary/aromatic N) is 2. The summed E-state index contributed by atoms with van der Waals surface area (Å²) in [6.07, 6.45) is 2.20. The van der Waals surface area contributed by atoms with Gasteiger partial charge in [-0.2, -0.15) is 0 Å². The van der Waals surface area contributed by atoms with Crippen LogP contribution in [0.1, 0.15) is 24.3 Å². The lowest BCUT2D eigenvalue weighted by atomic mass is 10.0. The summed E-state index contributed by atoms with van der Waals surface area (Å²) in [5, 5.41) is 9.89. The molecule has 1 saturated heterocycles. The van der Waals surface area contributed by atoms with Crippen LogP contribution in [0.3, 0.4) is 0 Å². The molecule has 0 spiro atoms. The van der Waals surface area contributed by atoms with Gasteiger partial charge in [-0.15, -0.1) is 11.3 Å². The Labute approximate surface area is 122 Å². The van der Waals surface area contributed by atoms with Crippen molar-refractivity contribution >= 4 is 27.5 Å². The molecular weight excluding hydrogens is 272 g/mol. The average molecular weight is 290 g/mol. The van der Waals surface area contributed by atoms with Crippen LogP contribution < -0.4 is 0 Å². The van der Waals surface area contributed by atoms with Crippen molar-refractivity contribution in [3.63, 3.8) is 0 Å². The van der Waals surface area contributed by atoms with E-state index < -0.39 is 5.97 Å². The van der Waals surface area contributed by atoms with Gasteiger partial charge in [-0.1, -0.05) is 12.1 Å². The number of hydrogen-bond donors (Lipinski definition) is 1. The van der Waals surface area contributed by atoms with Gasteiger partial charge in [0, 0.05) is 13.0 Å². The lowest BCUT2D eigenvalue weighted by molar-refractivity contribution is -0.137. The molecule has 1 N–H and O–H groups in total. The molecule has 0 bridgehead atoms. The monoisotopic (exact) mass is 290 g/mol. The minimum Gasteiger partial charge on any atom is -0.481 e. The first kappa shape index (κ1) is 13.5. The highest BCUT2D eigenvalue weighted by Crippen LogP contribution is 2.26. The van der Waals surface area contributed by atoms with Crippen molar-refractivity contribution in [2.24, 2.45) is 5.92 Å². The largest absolute Gasteiger partial charge is 0.481 e. The highest BCUT2D eigenvalue weighted by Gasteiger charge is 2.23. The number of rotatable bonds is 5. The average Bonchev–Trinajstić information content (AvgIpc) is 3.02. The van der Waals surface area contributed by atoms with E-state index in [1.807, 2.05) is 12.1 Å². The molecule has 4 nitrogen and oxygen atoms in total. The lowest BCUT2D eigenvalue weighted by Gasteiger charge is -2.13. The molecule has 0 amide bonds. The van der Waals surface area contributed by atoms with E-state index in [1.54, 1.807) is 11.3 Å². The van der Waals surface area contributed by atoms with Crippen molar-refractivity contribution in [1.29, 1.82) is 0 Å². The van der Waals surface area contributed by atoms with Crippen LogP contribution >= 0.6 is 11.3 Å². The first-order chi connectivity index (χ1) is 9.70. The maximum atomic E-state index is 10.6. The van der Waals surface area contributed by atoms with E-state index in [0.29, 0.717) is 12.3 Å². The maximum absolute atomic E-state index is 10.6. The van der Waals surface area contributed by atoms with E-state index in [-0.39, 0.29) is 0 Å². The normalized spacial score (nSPS) is 19.7. The zero-order valence-corrected chi connectivity index (χ0v) is 12.1. The van der Waals surface area contributed by atoms with Gasteiger partial charge in [0.05, 0.1) is 16.8 Å². The summed E-state index contributed by atoms with van der Waals surface area (Å²) >= 11 is 1.76. The van der Waals surface area contributed by atoms with E-state index in [9.17, 15) is 4.79 Å². The van der Waals surface area contributed by atoms with Crippen LogP contribution in [0.25, 0.3) is 10.2 Å². The molecule has 2 heterocycles. The van der Waals surface area contributed by atoms with E-state index in [1.165, 1.54) is 4.70 Å². The van der Waals surface area contributed by atoms with Gasteiger partial charge in [0.2, 0.25) is 0 Å². The summed E-state index contributed by atoms with van der Waals surface area (Å²) in [5.74, 6) is -0.157. The minimum absolute atomic E-state index is 0.291. The number of fused-ring (bicyclic) bond motifs is 1. The second-order valence-electron chi connectivity index (χ2n) is 5.40. The Morgan fingerprint density at radius 3 is 3.10 bits per heavy atom. The number of carboxylic acid groups (broad SMARTS) is 1. The zero-order chi connectivity index (χ0) is 13.9. The van der Waals surface area contributed by atoms with Crippen LogP contribution in [-0.2, 0) is 11.3 Å². The lowest BCUT2D eigenvalue weighted by Crippen LogP contribution is -2.20. The molecule has 0 saturated carbocycles. The van der Waals surface area contributed by atoms with Crippen LogP contribution in [0.15, 0.2) is 24.3 Å². The Balaban J connectivity index is 1.57. The molecular formula is C15H18N2O2S. The molecule has 0 aliphatic carbocycles. The molecule has 1 unspecified atom stereocenters. The number of likely N-dealkylation sites (tertiary alicyclic amines) is 1. The smallest absolute Gasteiger partial charge is 0.303 e. The van der Waals surface area contributed by atoms with Gasteiger partial charge < -0.3 is 5.11 Å². The third-order valence-corrected chi connectivity index (χ3v) is 4.85. The summed E-state index contributed by atoms with van der Waals surface area (Å²) in [7, 11) is 0. The van der Waals surface area contributed by atoms with Crippen LogP contribution in [0.4, 0.5) is 0 Å². The number of aliphatic carboxylic acids is 1. The van der Waals surface area contributed by atoms with Crippen LogP contribution in [-0.4, -0.2) is 34.0 Å². The Morgan fingerprint density at radius 1 is 1.45 bits per heavy atom. The summed E-state index contributed by atoms with van der Waals surface area (Å²) in [6.45, 7) is 2.95. The highest BCUT2D eigenvalue weighted by molar-refractivity contribution is 7.18. The Morgan fingerprint density at radius 2 is 2.30 bits per heavy atom. The Bertz CT molecular complexity index is 578. The molecule has 1 aromatic heterocycles. The van der Waals surface area contributed by atoms with Crippen molar-refractivity contribution in [2.45, 2.75) is 25.8 Å². The maximum Gasteiger partial charge on any atom is 0.303 e. The van der Waals surface area contributed by atoms with Gasteiger partial charge in [0.25, 0.3) is 0 Å². The summed E-state index contributed by atoms with van der Waals surface area (Å²) in [5.41, 5.74) is 1.08. The molecule has 1 atom stereocenters. The molecule has 1 aliphatic rings. The fourth-order valence-electron chi connectivity index (χ4n) is 2.80. The summed E-state index contributed by atoms with van der Waals surface area (Å²) < 4.78 is 1.24. The van der Waals surface area contributed by atoms with Gasteiger partial charge in [-0.25, -0.2) is 4.98 Å². The molecule has 106 valence electrons. The van der Waals surface area contributed by atoms with Gasteiger partial charge >= 0.3 is 5.97 Å². The molecule has 20 heavy (non-hydrogen) atoms. The minimum atomic E-state index is -0.686. The van der Waals surface area contributed by atoms with Crippen LogP contribution in [0.5, 0.6) is 0 Å². The SMILES string of the molecule is O=C(O)CCC1CCN(Cc2nc3ccccc3s2)C1. The van der Waals surface area contributed by atoms with E-state index in [2.05, 4.69) is 22.0 Å². The van der Waals surface area contributed by atoms with Crippen LogP contribution in [0.2, 0.25) is 0 Å². The number of carbonyl (C=O) groups is 1. The van der Waals surface area contributed by atoms with Crippen molar-refractivity contribution in [3.05, 3.63) is 29.3 Å². The predicted octanol–water partition coefficient (Wildman–Crippen LogP) is 2.98. The van der Waals surface area contributed by atoms with Gasteiger partial charge in [-0.05, 0) is 37.4 Å². The van der Waals surface area contributed by atoms with E-state index >= 15 is 0 Å². The number of hydrogen-bond acceptors (Lipinski definition) is 4. The number of thiazole rings is 1. The standard InChI is InChI=1S/C15H18N2O2S/c18-15(19)6-5-11-7-8-17(9-11)10-14-16-12-3-1-2-4-13(12)20-14/h1-4,11H,5-10H2,(H,18,19). The first-order valence-corrected chi connectivity index (χ1v) is 7.81. The molecule has 2 aromatic rings. The number of aromatic nitrogens is 1. The summed E-state index contributed by atoms with van der Waals surface area (Å²) in [6, 6.07) is 8.22. The predicted molar refractivity (Wildman–Crippen MR) is 79.9 cm³/mol. The molecule has 3 rings (SSSR count). The fourth-order valence-corrected chi connectivity index (χ4v) is 3.81. The quantitative estimate of drug-likeness (QED) is 0.919. The second-order valence-corrected chi connectivity index (χ2v) is 6.51. The van der Waals surface area contributed by atoms with Crippen molar-refractivity contribution in [2.75, 3.05) is 13.1 Å². The topological polar surface area (TPSA) is 53.4 Å². The molecule has 1 aromatic carbocycles. The Hall–Kier alpha value is -1.46. The van der Waals surface area contributed by atoms with E-state index in [4.69, 9.17) is 5.11 Å². The van der Waals surface area contributed by atoms with Crippen LogP contribution in [0, 0.1) is 5.92 Å². The van der Waals surface area contributed by atoms with Crippen molar-refractivity contribution < 1.29 is 9.90 Å². The fraction of sp³-hybridized carbons (Fsp3) is 0.467. The van der Waals surface area contributed by atoms with Gasteiger partial charge in [0.15, 0.2) is 0 Å². The van der Waals surface area contributed by atoms with E-state index in [0.717, 1.165) is 43.0 Å². The highest BCUT2D eigenvalue weighted by atomic mass is 32.1. The number of benzene rings is 1. The Kier molecular flexibility index (Phi) is 3.98. The molecule has 1 fully saturated rings. The molecule has 5 heteroatoms. The zero-order valence-electron chi connectivity index (χ0n) is 11.3. The first-order valence-electron chi connectivity index (χ1n) is 6.99. The van der Waals surface area contributed by atoms with Crippen molar-refractivity contribution in [3.8, 4) is 0 Å².